The number of hydrogen-bond acceptors (Lipinski definition) is 3. The quantitative estimate of drug-likeness (QED) is 0.606. The van der Waals surface area contributed by atoms with Crippen molar-refractivity contribution in [2.75, 3.05) is 6.54 Å². The minimum atomic E-state index is -4.94. The van der Waals surface area contributed by atoms with E-state index in [9.17, 15) is 18.0 Å². The van der Waals surface area contributed by atoms with Gasteiger partial charge in [0.1, 0.15) is 0 Å². The van der Waals surface area contributed by atoms with Gasteiger partial charge < -0.3 is 16.2 Å². The summed E-state index contributed by atoms with van der Waals surface area (Å²) in [7, 11) is 0. The van der Waals surface area contributed by atoms with Crippen LogP contribution in [0.15, 0.2) is 0 Å². The molecule has 82 valence electrons. The number of carboxylic acid groups (broad SMARTS) is 1. The highest BCUT2D eigenvalue weighted by Gasteiger charge is 2.63. The van der Waals surface area contributed by atoms with Crippen molar-refractivity contribution in [2.45, 2.75) is 30.6 Å². The molecule has 14 heavy (non-hydrogen) atoms. The molecule has 1 heterocycles. The molecule has 1 saturated heterocycles. The molecule has 0 aromatic carbocycles. The summed E-state index contributed by atoms with van der Waals surface area (Å²) in [5, 5.41) is 11.0. The number of alkyl halides is 3. The van der Waals surface area contributed by atoms with E-state index in [0.717, 1.165) is 0 Å². The summed E-state index contributed by atoms with van der Waals surface area (Å²) in [5.74, 6) is -2.04. The number of carbonyl (C=O) groups is 1. The lowest BCUT2D eigenvalue weighted by atomic mass is 9.89. The van der Waals surface area contributed by atoms with E-state index >= 15 is 0 Å². The van der Waals surface area contributed by atoms with Crippen molar-refractivity contribution in [2.24, 2.45) is 5.73 Å². The second kappa shape index (κ2) is 3.39. The van der Waals surface area contributed by atoms with Crippen LogP contribution in [0.1, 0.15) is 12.8 Å². The third-order valence-electron chi connectivity index (χ3n) is 2.43. The van der Waals surface area contributed by atoms with E-state index in [1.807, 2.05) is 0 Å². The van der Waals surface area contributed by atoms with E-state index in [-0.39, 0.29) is 6.42 Å². The van der Waals surface area contributed by atoms with Crippen molar-refractivity contribution in [3.8, 4) is 0 Å². The minimum Gasteiger partial charge on any atom is -0.480 e. The van der Waals surface area contributed by atoms with Crippen LogP contribution in [0.5, 0.6) is 0 Å². The van der Waals surface area contributed by atoms with E-state index in [2.05, 4.69) is 5.32 Å². The highest BCUT2D eigenvalue weighted by molar-refractivity contribution is 5.81. The van der Waals surface area contributed by atoms with Gasteiger partial charge in [-0.2, -0.15) is 13.2 Å². The van der Waals surface area contributed by atoms with E-state index in [1.54, 1.807) is 0 Å². The fourth-order valence-corrected chi connectivity index (χ4v) is 1.54. The van der Waals surface area contributed by atoms with E-state index in [4.69, 9.17) is 10.8 Å². The molecule has 2 atom stereocenters. The molecule has 0 bridgehead atoms. The fourth-order valence-electron chi connectivity index (χ4n) is 1.54. The second-order valence-electron chi connectivity index (χ2n) is 3.32. The normalized spacial score (nSPS) is 27.3. The molecule has 7 heteroatoms. The van der Waals surface area contributed by atoms with Crippen molar-refractivity contribution in [3.63, 3.8) is 0 Å². The van der Waals surface area contributed by atoms with Crippen LogP contribution in [0.2, 0.25) is 0 Å². The van der Waals surface area contributed by atoms with Gasteiger partial charge >= 0.3 is 12.1 Å². The van der Waals surface area contributed by atoms with Gasteiger partial charge in [-0.3, -0.25) is 0 Å². The molecule has 0 aliphatic carbocycles. The topological polar surface area (TPSA) is 75.4 Å². The summed E-state index contributed by atoms with van der Waals surface area (Å²) >= 11 is 0. The lowest BCUT2D eigenvalue weighted by Gasteiger charge is -2.32. The standard InChI is InChI=1S/C7H11F3N2O2/c8-7(9,10)6(11,5(13)14)4-2-1-3-12-4/h4,12H,1-3,11H2,(H,13,14). The monoisotopic (exact) mass is 212 g/mol. The summed E-state index contributed by atoms with van der Waals surface area (Å²) in [6.45, 7) is 0.368. The number of carboxylic acids is 1. The van der Waals surface area contributed by atoms with Gasteiger partial charge in [-0.15, -0.1) is 0 Å². The molecule has 0 saturated carbocycles. The summed E-state index contributed by atoms with van der Waals surface area (Å²) in [6, 6.07) is -1.24. The van der Waals surface area contributed by atoms with Gasteiger partial charge in [0.15, 0.2) is 0 Å². The Morgan fingerprint density at radius 3 is 2.36 bits per heavy atom. The van der Waals surface area contributed by atoms with Crippen LogP contribution < -0.4 is 11.1 Å². The molecule has 0 spiro atoms. The highest BCUT2D eigenvalue weighted by atomic mass is 19.4. The number of rotatable bonds is 2. The molecule has 0 aromatic rings. The fraction of sp³-hybridized carbons (Fsp3) is 0.857. The second-order valence-corrected chi connectivity index (χ2v) is 3.32. The van der Waals surface area contributed by atoms with Gasteiger partial charge in [0, 0.05) is 6.04 Å². The van der Waals surface area contributed by atoms with E-state index in [0.29, 0.717) is 13.0 Å². The van der Waals surface area contributed by atoms with Crippen LogP contribution >= 0.6 is 0 Å². The largest absolute Gasteiger partial charge is 0.480 e. The maximum absolute atomic E-state index is 12.5. The Morgan fingerprint density at radius 2 is 2.07 bits per heavy atom. The summed E-state index contributed by atoms with van der Waals surface area (Å²) < 4.78 is 37.4. The molecule has 0 aromatic heterocycles. The average molecular weight is 212 g/mol. The SMILES string of the molecule is NC(C(=O)O)(C1CCCN1)C(F)(F)F. The predicted octanol–water partition coefficient (Wildman–Crippen LogP) is 0.0828. The van der Waals surface area contributed by atoms with E-state index < -0.39 is 23.7 Å². The zero-order valence-corrected chi connectivity index (χ0v) is 7.27. The van der Waals surface area contributed by atoms with Gasteiger partial charge in [0.2, 0.25) is 5.54 Å². The first kappa shape index (κ1) is 11.3. The van der Waals surface area contributed by atoms with Gasteiger partial charge in [0.25, 0.3) is 0 Å². The lowest BCUT2D eigenvalue weighted by molar-refractivity contribution is -0.207. The zero-order chi connectivity index (χ0) is 11.0. The Labute approximate surface area is 78.3 Å². The van der Waals surface area contributed by atoms with Gasteiger partial charge in [-0.1, -0.05) is 0 Å². The van der Waals surface area contributed by atoms with Gasteiger partial charge in [-0.05, 0) is 19.4 Å². The van der Waals surface area contributed by atoms with Gasteiger partial charge in [0.05, 0.1) is 0 Å². The maximum atomic E-state index is 12.5. The third kappa shape index (κ3) is 1.57. The molecule has 4 nitrogen and oxygen atoms in total. The van der Waals surface area contributed by atoms with Crippen molar-refractivity contribution in [1.29, 1.82) is 0 Å². The third-order valence-corrected chi connectivity index (χ3v) is 2.43. The van der Waals surface area contributed by atoms with Crippen LogP contribution in [0.25, 0.3) is 0 Å². The smallest absolute Gasteiger partial charge is 0.418 e. The van der Waals surface area contributed by atoms with Crippen LogP contribution in [0.4, 0.5) is 13.2 Å². The number of nitrogens with two attached hydrogens (primary N) is 1. The zero-order valence-electron chi connectivity index (χ0n) is 7.27. The Hall–Kier alpha value is -0.820. The number of halogens is 3. The maximum Gasteiger partial charge on any atom is 0.418 e. The molecule has 0 radical (unpaired) electrons. The first-order valence-electron chi connectivity index (χ1n) is 4.12. The Morgan fingerprint density at radius 1 is 1.50 bits per heavy atom. The van der Waals surface area contributed by atoms with Crippen LogP contribution in [-0.2, 0) is 4.79 Å². The van der Waals surface area contributed by atoms with Crippen LogP contribution in [0, 0.1) is 0 Å². The summed E-state index contributed by atoms with van der Waals surface area (Å²) in [4.78, 5) is 10.6. The van der Waals surface area contributed by atoms with Crippen LogP contribution in [-0.4, -0.2) is 35.4 Å². The lowest BCUT2D eigenvalue weighted by Crippen LogP contribution is -2.69. The molecule has 1 aliphatic rings. The Kier molecular flexibility index (Phi) is 2.73. The molecule has 4 N–H and O–H groups in total. The van der Waals surface area contributed by atoms with Crippen molar-refractivity contribution in [1.82, 2.24) is 5.32 Å². The number of aliphatic carboxylic acids is 1. The Balaban J connectivity index is 2.97. The summed E-state index contributed by atoms with van der Waals surface area (Å²) in [5.41, 5.74) is 1.76. The first-order valence-corrected chi connectivity index (χ1v) is 4.12. The predicted molar refractivity (Wildman–Crippen MR) is 41.6 cm³/mol. The number of hydrogen-bond donors (Lipinski definition) is 3. The number of nitrogens with one attached hydrogen (secondary N) is 1. The Bertz CT molecular complexity index is 238. The molecule has 2 unspecified atom stereocenters. The molecular weight excluding hydrogens is 201 g/mol. The molecule has 0 amide bonds. The first-order chi connectivity index (χ1) is 6.30. The minimum absolute atomic E-state index is 0.127. The molecule has 1 rings (SSSR count). The highest BCUT2D eigenvalue weighted by Crippen LogP contribution is 2.34. The summed E-state index contributed by atoms with van der Waals surface area (Å²) in [6.07, 6.45) is -4.31. The van der Waals surface area contributed by atoms with Crippen LogP contribution in [0.3, 0.4) is 0 Å². The van der Waals surface area contributed by atoms with Gasteiger partial charge in [-0.25, -0.2) is 4.79 Å². The average Bonchev–Trinajstić information content (AvgIpc) is 2.52. The van der Waals surface area contributed by atoms with Crippen molar-refractivity contribution < 1.29 is 23.1 Å². The van der Waals surface area contributed by atoms with Crippen molar-refractivity contribution >= 4 is 5.97 Å². The van der Waals surface area contributed by atoms with E-state index in [1.165, 1.54) is 0 Å². The molecule has 1 aliphatic heterocycles. The molecular formula is C7H11F3N2O2. The molecule has 1 fully saturated rings. The van der Waals surface area contributed by atoms with Crippen molar-refractivity contribution in [3.05, 3.63) is 0 Å².